The summed E-state index contributed by atoms with van der Waals surface area (Å²) in [7, 11) is 0. The Hall–Kier alpha value is -0.0800. The van der Waals surface area contributed by atoms with E-state index in [1.807, 2.05) is 5.01 Å². The summed E-state index contributed by atoms with van der Waals surface area (Å²) in [5.74, 6) is 5.88. The number of hydrazine groups is 1. The van der Waals surface area contributed by atoms with Gasteiger partial charge < -0.3 is 0 Å². The zero-order valence-electron chi connectivity index (χ0n) is 8.84. The second-order valence-corrected chi connectivity index (χ2v) is 3.58. The lowest BCUT2D eigenvalue weighted by Gasteiger charge is -2.23. The maximum Gasteiger partial charge on any atom is 0.0212 e. The van der Waals surface area contributed by atoms with Gasteiger partial charge in [0, 0.05) is 12.6 Å². The minimum absolute atomic E-state index is 0.552. The van der Waals surface area contributed by atoms with Crippen LogP contribution in [0.3, 0.4) is 0 Å². The number of unbranched alkanes of at least 4 members (excludes halogenated alkanes) is 2. The van der Waals surface area contributed by atoms with Crippen LogP contribution in [0.1, 0.15) is 52.9 Å². The normalized spacial score (nSPS) is 13.8. The molecule has 2 nitrogen and oxygen atoms in total. The van der Waals surface area contributed by atoms with Gasteiger partial charge in [-0.25, -0.2) is 5.01 Å². The Morgan fingerprint density at radius 1 is 1.17 bits per heavy atom. The molecular weight excluding hydrogens is 148 g/mol. The summed E-state index contributed by atoms with van der Waals surface area (Å²) < 4.78 is 0. The third-order valence-corrected chi connectivity index (χ3v) is 2.31. The molecule has 0 saturated carbocycles. The second kappa shape index (κ2) is 7.56. The quantitative estimate of drug-likeness (QED) is 0.472. The van der Waals surface area contributed by atoms with Gasteiger partial charge in [-0.2, -0.15) is 0 Å². The third-order valence-electron chi connectivity index (χ3n) is 2.31. The van der Waals surface area contributed by atoms with Crippen molar-refractivity contribution in [3.05, 3.63) is 0 Å². The first-order valence-corrected chi connectivity index (χ1v) is 5.23. The highest BCUT2D eigenvalue weighted by Gasteiger charge is 2.07. The van der Waals surface area contributed by atoms with E-state index in [2.05, 4.69) is 20.8 Å². The number of nitrogens with zero attached hydrogens (tertiary/aromatic N) is 1. The van der Waals surface area contributed by atoms with Gasteiger partial charge in [-0.3, -0.25) is 5.84 Å². The maximum absolute atomic E-state index is 5.88. The van der Waals surface area contributed by atoms with Crippen LogP contribution in [-0.4, -0.2) is 17.6 Å². The summed E-state index contributed by atoms with van der Waals surface area (Å²) in [5, 5.41) is 1.99. The summed E-state index contributed by atoms with van der Waals surface area (Å²) in [6.07, 6.45) is 6.24. The molecule has 2 heteroatoms. The number of hydrogen-bond donors (Lipinski definition) is 1. The lowest BCUT2D eigenvalue weighted by Crippen LogP contribution is -2.39. The van der Waals surface area contributed by atoms with Crippen molar-refractivity contribution in [2.45, 2.75) is 58.9 Å². The average Bonchev–Trinajstić information content (AvgIpc) is 2.10. The number of hydrogen-bond acceptors (Lipinski definition) is 2. The molecule has 0 aromatic carbocycles. The van der Waals surface area contributed by atoms with Crippen LogP contribution in [0.4, 0.5) is 0 Å². The van der Waals surface area contributed by atoms with E-state index in [4.69, 9.17) is 5.84 Å². The molecule has 0 saturated heterocycles. The van der Waals surface area contributed by atoms with Crippen LogP contribution < -0.4 is 5.84 Å². The van der Waals surface area contributed by atoms with E-state index in [0.717, 1.165) is 6.54 Å². The SMILES string of the molecule is CCCCC(C)N(N)CCCC. The zero-order valence-corrected chi connectivity index (χ0v) is 8.84. The fourth-order valence-corrected chi connectivity index (χ4v) is 1.23. The summed E-state index contributed by atoms with van der Waals surface area (Å²) in [5.41, 5.74) is 0. The molecule has 2 N–H and O–H groups in total. The maximum atomic E-state index is 5.88. The molecule has 0 aliphatic rings. The molecule has 0 amide bonds. The van der Waals surface area contributed by atoms with E-state index < -0.39 is 0 Å². The average molecular weight is 172 g/mol. The third kappa shape index (κ3) is 5.56. The largest absolute Gasteiger partial charge is 0.269 e. The summed E-state index contributed by atoms with van der Waals surface area (Å²) in [6.45, 7) is 7.68. The van der Waals surface area contributed by atoms with Crippen molar-refractivity contribution in [2.24, 2.45) is 5.84 Å². The summed E-state index contributed by atoms with van der Waals surface area (Å²) in [4.78, 5) is 0. The first-order chi connectivity index (χ1) is 5.72. The fraction of sp³-hybridized carbons (Fsp3) is 1.00. The fourth-order valence-electron chi connectivity index (χ4n) is 1.23. The minimum atomic E-state index is 0.552. The van der Waals surface area contributed by atoms with Crippen molar-refractivity contribution >= 4 is 0 Å². The van der Waals surface area contributed by atoms with Gasteiger partial charge in [0.1, 0.15) is 0 Å². The number of nitrogens with two attached hydrogens (primary N) is 1. The van der Waals surface area contributed by atoms with E-state index in [9.17, 15) is 0 Å². The van der Waals surface area contributed by atoms with Crippen LogP contribution in [0.15, 0.2) is 0 Å². The molecule has 0 aromatic rings. The van der Waals surface area contributed by atoms with Crippen LogP contribution in [0.5, 0.6) is 0 Å². The lowest BCUT2D eigenvalue weighted by atomic mass is 10.1. The topological polar surface area (TPSA) is 29.3 Å². The highest BCUT2D eigenvalue weighted by molar-refractivity contribution is 4.60. The standard InChI is InChI=1S/C10H24N2/c1-4-6-8-10(3)12(11)9-7-5-2/h10H,4-9,11H2,1-3H3. The molecule has 0 radical (unpaired) electrons. The monoisotopic (exact) mass is 172 g/mol. The molecule has 0 aromatic heterocycles. The molecule has 0 spiro atoms. The molecular formula is C10H24N2. The Kier molecular flexibility index (Phi) is 7.51. The van der Waals surface area contributed by atoms with Crippen molar-refractivity contribution in [1.82, 2.24) is 5.01 Å². The van der Waals surface area contributed by atoms with Crippen LogP contribution in [0.2, 0.25) is 0 Å². The molecule has 1 unspecified atom stereocenters. The first-order valence-electron chi connectivity index (χ1n) is 5.23. The highest BCUT2D eigenvalue weighted by atomic mass is 15.4. The summed E-state index contributed by atoms with van der Waals surface area (Å²) >= 11 is 0. The number of rotatable bonds is 7. The molecule has 1 atom stereocenters. The van der Waals surface area contributed by atoms with Crippen LogP contribution >= 0.6 is 0 Å². The van der Waals surface area contributed by atoms with Crippen molar-refractivity contribution in [3.63, 3.8) is 0 Å². The van der Waals surface area contributed by atoms with Gasteiger partial charge in [0.2, 0.25) is 0 Å². The predicted molar refractivity (Wildman–Crippen MR) is 54.8 cm³/mol. The first kappa shape index (κ1) is 11.9. The van der Waals surface area contributed by atoms with Gasteiger partial charge in [0.15, 0.2) is 0 Å². The Bertz CT molecular complexity index is 81.8. The van der Waals surface area contributed by atoms with E-state index in [-0.39, 0.29) is 0 Å². The molecule has 0 rings (SSSR count). The molecule has 0 aliphatic heterocycles. The minimum Gasteiger partial charge on any atom is -0.269 e. The van der Waals surface area contributed by atoms with Crippen molar-refractivity contribution in [3.8, 4) is 0 Å². The van der Waals surface area contributed by atoms with Crippen molar-refractivity contribution in [1.29, 1.82) is 0 Å². The predicted octanol–water partition coefficient (Wildman–Crippen LogP) is 2.54. The van der Waals surface area contributed by atoms with Gasteiger partial charge in [0.25, 0.3) is 0 Å². The van der Waals surface area contributed by atoms with Crippen molar-refractivity contribution in [2.75, 3.05) is 6.54 Å². The van der Waals surface area contributed by atoms with Crippen LogP contribution in [0, 0.1) is 0 Å². The molecule has 0 bridgehead atoms. The van der Waals surface area contributed by atoms with E-state index >= 15 is 0 Å². The Balaban J connectivity index is 3.39. The highest BCUT2D eigenvalue weighted by Crippen LogP contribution is 2.05. The molecule has 12 heavy (non-hydrogen) atoms. The van der Waals surface area contributed by atoms with E-state index in [1.54, 1.807) is 0 Å². The second-order valence-electron chi connectivity index (χ2n) is 3.58. The van der Waals surface area contributed by atoms with Crippen molar-refractivity contribution < 1.29 is 0 Å². The zero-order chi connectivity index (χ0) is 9.40. The Labute approximate surface area is 77.1 Å². The summed E-state index contributed by atoms with van der Waals surface area (Å²) in [6, 6.07) is 0.552. The Morgan fingerprint density at radius 2 is 1.75 bits per heavy atom. The van der Waals surface area contributed by atoms with E-state index in [0.29, 0.717) is 6.04 Å². The Morgan fingerprint density at radius 3 is 2.25 bits per heavy atom. The van der Waals surface area contributed by atoms with Crippen LogP contribution in [0.25, 0.3) is 0 Å². The van der Waals surface area contributed by atoms with Gasteiger partial charge in [-0.05, 0) is 19.8 Å². The molecule has 0 heterocycles. The van der Waals surface area contributed by atoms with Gasteiger partial charge in [-0.1, -0.05) is 33.1 Å². The molecule has 74 valence electrons. The van der Waals surface area contributed by atoms with E-state index in [1.165, 1.54) is 32.1 Å². The van der Waals surface area contributed by atoms with Gasteiger partial charge >= 0.3 is 0 Å². The smallest absolute Gasteiger partial charge is 0.0212 e. The van der Waals surface area contributed by atoms with Gasteiger partial charge in [0.05, 0.1) is 0 Å². The lowest BCUT2D eigenvalue weighted by molar-refractivity contribution is 0.198. The molecule has 0 aliphatic carbocycles. The molecule has 0 fully saturated rings. The van der Waals surface area contributed by atoms with Crippen LogP contribution in [-0.2, 0) is 0 Å². The van der Waals surface area contributed by atoms with Gasteiger partial charge in [-0.15, -0.1) is 0 Å².